The molecule has 0 aliphatic heterocycles. The monoisotopic (exact) mass is 224 g/mol. The van der Waals surface area contributed by atoms with Crippen LogP contribution in [-0.2, 0) is 4.79 Å². The molecule has 92 valence electrons. The van der Waals surface area contributed by atoms with Gasteiger partial charge in [0.25, 0.3) is 0 Å². The van der Waals surface area contributed by atoms with Crippen molar-refractivity contribution in [1.82, 2.24) is 5.32 Å². The summed E-state index contributed by atoms with van der Waals surface area (Å²) in [7, 11) is 0. The highest BCUT2D eigenvalue weighted by atomic mass is 16.1. The highest BCUT2D eigenvalue weighted by Gasteiger charge is 2.28. The Labute approximate surface area is 98.2 Å². The number of amides is 1. The molecule has 0 bridgehead atoms. The molecule has 2 aliphatic carbocycles. The highest BCUT2D eigenvalue weighted by molar-refractivity contribution is 5.79. The third-order valence-electron chi connectivity index (χ3n) is 4.23. The topological polar surface area (TPSA) is 55.1 Å². The molecule has 3 heteroatoms. The molecule has 0 heterocycles. The molecule has 1 amide bonds. The zero-order chi connectivity index (χ0) is 11.4. The summed E-state index contributed by atoms with van der Waals surface area (Å²) >= 11 is 0. The molecule has 2 rings (SSSR count). The quantitative estimate of drug-likeness (QED) is 0.765. The predicted octanol–water partition coefficient (Wildman–Crippen LogP) is 1.81. The average molecular weight is 224 g/mol. The van der Waals surface area contributed by atoms with Crippen molar-refractivity contribution in [2.24, 2.45) is 17.6 Å². The van der Waals surface area contributed by atoms with Gasteiger partial charge in [0, 0.05) is 12.6 Å². The number of rotatable bonds is 4. The van der Waals surface area contributed by atoms with E-state index in [1.807, 2.05) is 0 Å². The molecule has 3 N–H and O–H groups in total. The minimum atomic E-state index is 0.0788. The van der Waals surface area contributed by atoms with Crippen molar-refractivity contribution in [3.63, 3.8) is 0 Å². The summed E-state index contributed by atoms with van der Waals surface area (Å²) in [5, 5.41) is 3.06. The van der Waals surface area contributed by atoms with Crippen LogP contribution in [0, 0.1) is 11.8 Å². The maximum absolute atomic E-state index is 11.9. The van der Waals surface area contributed by atoms with Gasteiger partial charge in [-0.15, -0.1) is 0 Å². The Kier molecular flexibility index (Phi) is 4.22. The fourth-order valence-electron chi connectivity index (χ4n) is 2.80. The summed E-state index contributed by atoms with van der Waals surface area (Å²) < 4.78 is 0. The Morgan fingerprint density at radius 2 is 1.88 bits per heavy atom. The fourth-order valence-corrected chi connectivity index (χ4v) is 2.80. The molecule has 0 saturated heterocycles. The van der Waals surface area contributed by atoms with E-state index in [9.17, 15) is 4.79 Å². The van der Waals surface area contributed by atoms with Crippen molar-refractivity contribution in [2.45, 2.75) is 57.4 Å². The normalized spacial score (nSPS) is 30.8. The predicted molar refractivity (Wildman–Crippen MR) is 64.9 cm³/mol. The molecule has 3 nitrogen and oxygen atoms in total. The minimum absolute atomic E-state index is 0.0788. The molecule has 2 aliphatic rings. The van der Waals surface area contributed by atoms with Gasteiger partial charge in [0.1, 0.15) is 0 Å². The van der Waals surface area contributed by atoms with Crippen molar-refractivity contribution >= 4 is 5.91 Å². The van der Waals surface area contributed by atoms with E-state index >= 15 is 0 Å². The standard InChI is InChI=1S/C13H24N2O/c14-12-7-2-1-6-11(12)13(16)15-9-8-10-4-3-5-10/h10-12H,1-9,14H2,(H,15,16). The second-order valence-corrected chi connectivity index (χ2v) is 5.43. The number of hydrogen-bond acceptors (Lipinski definition) is 2. The van der Waals surface area contributed by atoms with E-state index in [0.29, 0.717) is 0 Å². The van der Waals surface area contributed by atoms with Crippen LogP contribution < -0.4 is 11.1 Å². The number of nitrogens with one attached hydrogen (secondary N) is 1. The molecule has 0 aromatic heterocycles. The summed E-state index contributed by atoms with van der Waals surface area (Å²) in [6.07, 6.45) is 9.61. The smallest absolute Gasteiger partial charge is 0.224 e. The zero-order valence-electron chi connectivity index (χ0n) is 10.1. The van der Waals surface area contributed by atoms with E-state index in [1.165, 1.54) is 25.7 Å². The van der Waals surface area contributed by atoms with E-state index < -0.39 is 0 Å². The van der Waals surface area contributed by atoms with Gasteiger partial charge in [-0.1, -0.05) is 32.1 Å². The number of carbonyl (C=O) groups excluding carboxylic acids is 1. The summed E-state index contributed by atoms with van der Waals surface area (Å²) in [6.45, 7) is 0.854. The van der Waals surface area contributed by atoms with Crippen molar-refractivity contribution in [3.8, 4) is 0 Å². The first-order valence-electron chi connectivity index (χ1n) is 6.80. The van der Waals surface area contributed by atoms with Crippen LogP contribution >= 0.6 is 0 Å². The van der Waals surface area contributed by atoms with Gasteiger partial charge < -0.3 is 11.1 Å². The second kappa shape index (κ2) is 5.67. The minimum Gasteiger partial charge on any atom is -0.356 e. The number of hydrogen-bond donors (Lipinski definition) is 2. The third-order valence-corrected chi connectivity index (χ3v) is 4.23. The van der Waals surface area contributed by atoms with Gasteiger partial charge in [-0.2, -0.15) is 0 Å². The summed E-state index contributed by atoms with van der Waals surface area (Å²) in [5.41, 5.74) is 5.99. The van der Waals surface area contributed by atoms with Gasteiger partial charge in [-0.05, 0) is 25.2 Å². The lowest BCUT2D eigenvalue weighted by Crippen LogP contribution is -2.44. The maximum atomic E-state index is 11.9. The molecule has 2 atom stereocenters. The highest BCUT2D eigenvalue weighted by Crippen LogP contribution is 2.29. The average Bonchev–Trinajstić information content (AvgIpc) is 2.22. The summed E-state index contributed by atoms with van der Waals surface area (Å²) in [5.74, 6) is 1.15. The molecule has 0 aromatic rings. The van der Waals surface area contributed by atoms with Gasteiger partial charge in [-0.25, -0.2) is 0 Å². The van der Waals surface area contributed by atoms with E-state index in [1.54, 1.807) is 0 Å². The summed E-state index contributed by atoms with van der Waals surface area (Å²) in [4.78, 5) is 11.9. The molecule has 2 saturated carbocycles. The van der Waals surface area contributed by atoms with Crippen LogP contribution in [0.2, 0.25) is 0 Å². The van der Waals surface area contributed by atoms with Crippen molar-refractivity contribution in [2.75, 3.05) is 6.54 Å². The van der Waals surface area contributed by atoms with Crippen molar-refractivity contribution < 1.29 is 4.79 Å². The van der Waals surface area contributed by atoms with Crippen LogP contribution in [0.15, 0.2) is 0 Å². The van der Waals surface area contributed by atoms with Gasteiger partial charge in [0.15, 0.2) is 0 Å². The second-order valence-electron chi connectivity index (χ2n) is 5.43. The Morgan fingerprint density at radius 1 is 1.12 bits per heavy atom. The van der Waals surface area contributed by atoms with Crippen LogP contribution in [0.3, 0.4) is 0 Å². The fraction of sp³-hybridized carbons (Fsp3) is 0.923. The Balaban J connectivity index is 1.65. The number of carbonyl (C=O) groups is 1. The first-order chi connectivity index (χ1) is 7.77. The van der Waals surface area contributed by atoms with E-state index in [2.05, 4.69) is 5.32 Å². The molecule has 2 unspecified atom stereocenters. The molecule has 0 aromatic carbocycles. The first-order valence-corrected chi connectivity index (χ1v) is 6.80. The van der Waals surface area contributed by atoms with Gasteiger partial charge in [0.2, 0.25) is 5.91 Å². The Morgan fingerprint density at radius 3 is 2.50 bits per heavy atom. The van der Waals surface area contributed by atoms with E-state index in [4.69, 9.17) is 5.73 Å². The van der Waals surface area contributed by atoms with Crippen molar-refractivity contribution in [3.05, 3.63) is 0 Å². The van der Waals surface area contributed by atoms with Crippen LogP contribution in [0.4, 0.5) is 0 Å². The summed E-state index contributed by atoms with van der Waals surface area (Å²) in [6, 6.07) is 0.0949. The Hall–Kier alpha value is -0.570. The Bertz CT molecular complexity index is 238. The molecule has 0 radical (unpaired) electrons. The lowest BCUT2D eigenvalue weighted by atomic mass is 9.82. The lowest BCUT2D eigenvalue weighted by molar-refractivity contribution is -0.126. The molecular formula is C13H24N2O. The molecular weight excluding hydrogens is 200 g/mol. The van der Waals surface area contributed by atoms with Crippen LogP contribution in [0.5, 0.6) is 0 Å². The molecule has 2 fully saturated rings. The SMILES string of the molecule is NC1CCCCC1C(=O)NCCC1CCC1. The van der Waals surface area contributed by atoms with Gasteiger partial charge >= 0.3 is 0 Å². The van der Waals surface area contributed by atoms with Crippen LogP contribution in [0.1, 0.15) is 51.4 Å². The lowest BCUT2D eigenvalue weighted by Gasteiger charge is -2.29. The number of nitrogens with two attached hydrogens (primary N) is 1. The molecule has 16 heavy (non-hydrogen) atoms. The largest absolute Gasteiger partial charge is 0.356 e. The van der Waals surface area contributed by atoms with E-state index in [0.717, 1.165) is 38.1 Å². The zero-order valence-corrected chi connectivity index (χ0v) is 10.1. The van der Waals surface area contributed by atoms with Crippen LogP contribution in [0.25, 0.3) is 0 Å². The first kappa shape index (κ1) is 11.9. The molecule has 0 spiro atoms. The van der Waals surface area contributed by atoms with Crippen LogP contribution in [-0.4, -0.2) is 18.5 Å². The van der Waals surface area contributed by atoms with Gasteiger partial charge in [0.05, 0.1) is 5.92 Å². The van der Waals surface area contributed by atoms with E-state index in [-0.39, 0.29) is 17.9 Å². The van der Waals surface area contributed by atoms with Gasteiger partial charge in [-0.3, -0.25) is 4.79 Å². The maximum Gasteiger partial charge on any atom is 0.224 e. The third kappa shape index (κ3) is 2.97. The van der Waals surface area contributed by atoms with Crippen molar-refractivity contribution in [1.29, 1.82) is 0 Å².